The van der Waals surface area contributed by atoms with Crippen LogP contribution in [0.1, 0.15) is 0 Å². The summed E-state index contributed by atoms with van der Waals surface area (Å²) in [5.41, 5.74) is 12.2. The molecule has 12 rings (SSSR count). The van der Waals surface area contributed by atoms with Crippen LogP contribution in [-0.2, 0) is 20.1 Å². The summed E-state index contributed by atoms with van der Waals surface area (Å²) in [6, 6.07) is 73.5. The number of benzene rings is 8. The average molecular weight is 1120 g/mol. The van der Waals surface area contributed by atoms with Crippen LogP contribution in [0.15, 0.2) is 217 Å². The number of hydrogen-bond donors (Lipinski definition) is 0. The van der Waals surface area contributed by atoms with Crippen LogP contribution in [0.2, 0.25) is 19.6 Å². The average Bonchev–Trinajstić information content (AvgIpc) is 3.98. The van der Waals surface area contributed by atoms with Gasteiger partial charge < -0.3 is 14.0 Å². The molecular weight excluding hydrogens is 1080 g/mol. The van der Waals surface area contributed by atoms with E-state index in [0.29, 0.717) is 22.4 Å². The number of furan rings is 1. The van der Waals surface area contributed by atoms with Crippen molar-refractivity contribution in [2.45, 2.75) is 19.6 Å². The second-order valence-corrected chi connectivity index (χ2v) is 23.2. The summed E-state index contributed by atoms with van der Waals surface area (Å²) in [5.74, 6) is -0.763. The van der Waals surface area contributed by atoms with E-state index >= 15 is 0 Å². The largest absolute Gasteiger partial charge is 0.486 e. The van der Waals surface area contributed by atoms with E-state index in [-0.39, 0.29) is 37.1 Å². The molecule has 0 aliphatic rings. The fraction of sp³-hybridized carbons (Fsp3) is 0.0484. The summed E-state index contributed by atoms with van der Waals surface area (Å²) < 4.78 is 38.8. The van der Waals surface area contributed by atoms with E-state index in [9.17, 15) is 8.78 Å². The number of nitrogens with zero attached hydrogens (tertiary/aromatic N) is 4. The first-order valence-corrected chi connectivity index (χ1v) is 26.6. The molecule has 71 heavy (non-hydrogen) atoms. The molecule has 8 aromatic carbocycles. The predicted molar refractivity (Wildman–Crippen MR) is 284 cm³/mol. The van der Waals surface area contributed by atoms with Gasteiger partial charge in [0.25, 0.3) is 0 Å². The molecule has 0 saturated heterocycles. The molecule has 1 radical (unpaired) electrons. The summed E-state index contributed by atoms with van der Waals surface area (Å²) in [5, 5.41) is 2.91. The maximum absolute atomic E-state index is 15.0. The molecule has 0 fully saturated rings. The molecule has 0 saturated carbocycles. The molecule has 0 bridgehead atoms. The summed E-state index contributed by atoms with van der Waals surface area (Å²) in [4.78, 5) is 14.5. The fourth-order valence-corrected chi connectivity index (χ4v) is 10.0. The van der Waals surface area contributed by atoms with Crippen LogP contribution in [0, 0.1) is 23.8 Å². The van der Waals surface area contributed by atoms with Gasteiger partial charge in [-0.15, -0.1) is 48.0 Å². The first-order chi connectivity index (χ1) is 34.2. The predicted octanol–water partition coefficient (Wildman–Crippen LogP) is 15.8. The minimum Gasteiger partial charge on any atom is -0.486 e. The van der Waals surface area contributed by atoms with Crippen LogP contribution >= 0.6 is 0 Å². The SMILES string of the molecule is C[Si](C)(C)c1ccc(-c2[c-]cccc2)nc1.Fc1cccc(F)c1-c1ccc2c(n1)oc1c(-c3nc4ccccc4n3-c3ccc(-c4ccccc4)cc3-c3ccccc3)[c-]cc(-c3ccccc3)c12.[Ir]. The Morgan fingerprint density at radius 3 is 1.87 bits per heavy atom. The van der Waals surface area contributed by atoms with Crippen LogP contribution < -0.4 is 5.19 Å². The minimum absolute atomic E-state index is 0. The van der Waals surface area contributed by atoms with Crippen LogP contribution in [0.4, 0.5) is 8.78 Å². The Hall–Kier alpha value is -7.94. The van der Waals surface area contributed by atoms with E-state index in [1.54, 1.807) is 6.07 Å². The van der Waals surface area contributed by atoms with E-state index in [1.807, 2.05) is 128 Å². The van der Waals surface area contributed by atoms with Gasteiger partial charge in [-0.25, -0.2) is 13.8 Å². The van der Waals surface area contributed by atoms with Gasteiger partial charge in [0.05, 0.1) is 41.8 Å². The molecule has 0 aliphatic carbocycles. The molecule has 347 valence electrons. The first kappa shape index (κ1) is 46.8. The van der Waals surface area contributed by atoms with Crippen molar-refractivity contribution < 1.29 is 33.3 Å². The molecule has 0 aliphatic heterocycles. The molecule has 0 unspecified atom stereocenters. The Morgan fingerprint density at radius 1 is 0.563 bits per heavy atom. The van der Waals surface area contributed by atoms with Crippen molar-refractivity contribution in [1.82, 2.24) is 19.5 Å². The summed E-state index contributed by atoms with van der Waals surface area (Å²) in [6.45, 7) is 7.00. The van der Waals surface area contributed by atoms with Gasteiger partial charge in [0.2, 0.25) is 5.71 Å². The molecule has 0 spiro atoms. The van der Waals surface area contributed by atoms with Crippen LogP contribution in [0.3, 0.4) is 0 Å². The van der Waals surface area contributed by atoms with Crippen molar-refractivity contribution in [2.75, 3.05) is 0 Å². The Bertz CT molecular complexity index is 3800. The third-order valence-corrected chi connectivity index (χ3v) is 14.6. The number of fused-ring (bicyclic) bond motifs is 4. The first-order valence-electron chi connectivity index (χ1n) is 23.1. The molecular formula is C62H44F2IrN4OSi-2. The quantitative estimate of drug-likeness (QED) is 0.112. The van der Waals surface area contributed by atoms with Gasteiger partial charge >= 0.3 is 0 Å². The Balaban J connectivity index is 0.000000292. The van der Waals surface area contributed by atoms with E-state index < -0.39 is 19.7 Å². The van der Waals surface area contributed by atoms with Crippen molar-refractivity contribution in [1.29, 1.82) is 0 Å². The van der Waals surface area contributed by atoms with Crippen LogP contribution in [0.5, 0.6) is 0 Å². The zero-order valence-corrected chi connectivity index (χ0v) is 42.4. The number of hydrogen-bond acceptors (Lipinski definition) is 4. The minimum atomic E-state index is -1.23. The van der Waals surface area contributed by atoms with Crippen LogP contribution in [0.25, 0.3) is 106 Å². The monoisotopic (exact) mass is 1120 g/mol. The smallest absolute Gasteiger partial charge is 0.216 e. The molecule has 0 atom stereocenters. The second-order valence-electron chi connectivity index (χ2n) is 18.1. The summed E-state index contributed by atoms with van der Waals surface area (Å²) in [6.07, 6.45) is 2.02. The fourth-order valence-electron chi connectivity index (χ4n) is 8.97. The molecule has 4 heterocycles. The Kier molecular flexibility index (Phi) is 13.1. The number of pyridine rings is 2. The van der Waals surface area contributed by atoms with E-state index in [4.69, 9.17) is 14.4 Å². The topological polar surface area (TPSA) is 56.7 Å². The molecule has 5 nitrogen and oxygen atoms in total. The van der Waals surface area contributed by atoms with Crippen LogP contribution in [-0.4, -0.2) is 27.6 Å². The number of para-hydroxylation sites is 2. The van der Waals surface area contributed by atoms with Crippen molar-refractivity contribution in [3.63, 3.8) is 0 Å². The standard InChI is InChI=1S/C48H28F2N3O.C14H16NSi.Ir/c49-38-19-12-20-39(50)45(38)41-27-26-35-44-34(31-15-6-2-7-16-31)24-25-36(46(44)54-48(35)52-41)47-51-40-21-10-11-22-43(40)53(47)42-28-23-33(30-13-4-1-5-14-30)29-37(42)32-17-8-3-9-18-32;1-16(2,3)13-9-10-14(15-11-13)12-7-5-4-6-8-12;/h1-24,26-29H;4-7,9-11H,1-3H3;/q2*-1;. The van der Waals surface area contributed by atoms with Crippen molar-refractivity contribution in [2.24, 2.45) is 0 Å². The Labute approximate surface area is 425 Å². The zero-order valence-electron chi connectivity index (χ0n) is 39.0. The molecule has 4 aromatic heterocycles. The molecule has 12 aromatic rings. The third kappa shape index (κ3) is 9.19. The second kappa shape index (κ2) is 19.8. The number of imidazole rings is 1. The summed E-state index contributed by atoms with van der Waals surface area (Å²) in [7, 11) is -1.23. The van der Waals surface area contributed by atoms with Gasteiger partial charge in [0, 0.05) is 42.9 Å². The summed E-state index contributed by atoms with van der Waals surface area (Å²) >= 11 is 0. The van der Waals surface area contributed by atoms with Gasteiger partial charge in [0.15, 0.2) is 0 Å². The molecule has 0 N–H and O–H groups in total. The van der Waals surface area contributed by atoms with E-state index in [0.717, 1.165) is 66.7 Å². The molecule has 9 heteroatoms. The maximum Gasteiger partial charge on any atom is 0.216 e. The van der Waals surface area contributed by atoms with Gasteiger partial charge in [0.1, 0.15) is 11.6 Å². The molecule has 0 amide bonds. The number of aromatic nitrogens is 4. The van der Waals surface area contributed by atoms with Crippen molar-refractivity contribution >= 4 is 46.4 Å². The normalized spacial score (nSPS) is 11.3. The van der Waals surface area contributed by atoms with E-state index in [2.05, 4.69) is 102 Å². The maximum atomic E-state index is 15.0. The van der Waals surface area contributed by atoms with Crippen molar-refractivity contribution in [3.8, 4) is 73.0 Å². The Morgan fingerprint density at radius 2 is 1.21 bits per heavy atom. The van der Waals surface area contributed by atoms with E-state index in [1.165, 1.54) is 23.4 Å². The van der Waals surface area contributed by atoms with Gasteiger partial charge in [-0.2, -0.15) is 0 Å². The van der Waals surface area contributed by atoms with Crippen molar-refractivity contribution in [3.05, 3.63) is 236 Å². The number of halogens is 2. The zero-order chi connectivity index (χ0) is 47.8. The number of rotatable bonds is 8. The van der Waals surface area contributed by atoms with Gasteiger partial charge in [-0.1, -0.05) is 164 Å². The third-order valence-electron chi connectivity index (χ3n) is 12.5. The van der Waals surface area contributed by atoms with Gasteiger partial charge in [-0.05, 0) is 81.5 Å². The van der Waals surface area contributed by atoms with Gasteiger partial charge in [-0.3, -0.25) is 4.98 Å².